The predicted octanol–water partition coefficient (Wildman–Crippen LogP) is 1.48. The number of rotatable bonds is 2. The van der Waals surface area contributed by atoms with Gasteiger partial charge in [-0.05, 0) is 30.2 Å². The van der Waals surface area contributed by atoms with Crippen molar-refractivity contribution < 1.29 is 19.1 Å². The highest BCUT2D eigenvalue weighted by atomic mass is 16.6. The minimum absolute atomic E-state index is 0.0845. The molecule has 1 aromatic carbocycles. The van der Waals surface area contributed by atoms with Crippen LogP contribution in [0.1, 0.15) is 35.2 Å². The first kappa shape index (κ1) is 12.8. The number of anilines is 1. The van der Waals surface area contributed by atoms with Gasteiger partial charge in [0, 0.05) is 37.6 Å². The number of carbonyl (C=O) groups is 3. The van der Waals surface area contributed by atoms with E-state index in [1.165, 1.54) is 0 Å². The van der Waals surface area contributed by atoms with Gasteiger partial charge in [0.1, 0.15) is 0 Å². The molecule has 20 heavy (non-hydrogen) atoms. The zero-order valence-corrected chi connectivity index (χ0v) is 11.2. The van der Waals surface area contributed by atoms with Crippen LogP contribution in [-0.4, -0.2) is 30.8 Å². The molecule has 0 aromatic heterocycles. The van der Waals surface area contributed by atoms with E-state index in [-0.39, 0.29) is 17.7 Å². The molecule has 0 aliphatic carbocycles. The summed E-state index contributed by atoms with van der Waals surface area (Å²) in [5.74, 6) is -0.383. The smallest absolute Gasteiger partial charge is 0.306 e. The van der Waals surface area contributed by atoms with E-state index >= 15 is 0 Å². The lowest BCUT2D eigenvalue weighted by Gasteiger charge is -2.26. The van der Waals surface area contributed by atoms with Gasteiger partial charge in [-0.3, -0.25) is 14.4 Å². The molecule has 1 atom stereocenters. The molecule has 2 heterocycles. The average Bonchev–Trinajstić information content (AvgIpc) is 2.88. The lowest BCUT2D eigenvalue weighted by molar-refractivity contribution is -0.140. The van der Waals surface area contributed by atoms with Crippen molar-refractivity contribution in [2.24, 2.45) is 0 Å². The number of benzene rings is 1. The fourth-order valence-corrected chi connectivity index (χ4v) is 2.71. The number of ketones is 1. The largest absolute Gasteiger partial charge is 0.454 e. The van der Waals surface area contributed by atoms with Crippen molar-refractivity contribution >= 4 is 23.3 Å². The Morgan fingerprint density at radius 3 is 2.75 bits per heavy atom. The molecule has 0 bridgehead atoms. The number of fused-ring (bicyclic) bond motifs is 1. The van der Waals surface area contributed by atoms with Crippen molar-refractivity contribution in [1.82, 2.24) is 0 Å². The highest BCUT2D eigenvalue weighted by Gasteiger charge is 2.31. The van der Waals surface area contributed by atoms with E-state index in [9.17, 15) is 14.4 Å². The summed E-state index contributed by atoms with van der Waals surface area (Å²) in [6.07, 6.45) is 1.21. The Morgan fingerprint density at radius 1 is 1.25 bits per heavy atom. The van der Waals surface area contributed by atoms with Crippen LogP contribution >= 0.6 is 0 Å². The predicted molar refractivity (Wildman–Crippen MR) is 71.6 cm³/mol. The molecule has 2 aliphatic heterocycles. The Morgan fingerprint density at radius 2 is 2.05 bits per heavy atom. The number of amides is 1. The summed E-state index contributed by atoms with van der Waals surface area (Å²) in [5, 5.41) is 0. The van der Waals surface area contributed by atoms with Crippen LogP contribution in [0.3, 0.4) is 0 Å². The topological polar surface area (TPSA) is 63.7 Å². The Bertz CT molecular complexity index is 608. The molecule has 2 aliphatic rings. The maximum atomic E-state index is 12.3. The molecule has 1 fully saturated rings. The summed E-state index contributed by atoms with van der Waals surface area (Å²) in [5.41, 5.74) is 2.38. The highest BCUT2D eigenvalue weighted by molar-refractivity contribution is 6.03. The van der Waals surface area contributed by atoms with Crippen molar-refractivity contribution in [2.75, 3.05) is 11.9 Å². The number of nitrogens with zero attached hydrogens (tertiary/aromatic N) is 1. The van der Waals surface area contributed by atoms with Crippen LogP contribution in [0.5, 0.6) is 0 Å². The Kier molecular flexibility index (Phi) is 3.04. The first-order chi connectivity index (χ1) is 9.56. The summed E-state index contributed by atoms with van der Waals surface area (Å²) in [6, 6.07) is 5.30. The molecular weight excluding hydrogens is 258 g/mol. The number of cyclic esters (lactones) is 1. The summed E-state index contributed by atoms with van der Waals surface area (Å²) < 4.78 is 5.01. The molecule has 5 nitrogen and oxygen atoms in total. The highest BCUT2D eigenvalue weighted by Crippen LogP contribution is 2.29. The number of aryl methyl sites for hydroxylation is 1. The molecule has 1 saturated heterocycles. The minimum atomic E-state index is -0.650. The van der Waals surface area contributed by atoms with E-state index in [4.69, 9.17) is 4.74 Å². The van der Waals surface area contributed by atoms with Gasteiger partial charge >= 0.3 is 5.97 Å². The number of Topliss-reactive ketones (excluding diaryl/α,β-unsaturated/α-hetero) is 1. The molecule has 104 valence electrons. The van der Waals surface area contributed by atoms with Gasteiger partial charge in [0.15, 0.2) is 6.10 Å². The maximum Gasteiger partial charge on any atom is 0.306 e. The molecule has 1 amide bonds. The second-order valence-corrected chi connectivity index (χ2v) is 5.18. The van der Waals surface area contributed by atoms with E-state index in [0.717, 1.165) is 11.3 Å². The van der Waals surface area contributed by atoms with Crippen LogP contribution in [0.4, 0.5) is 5.69 Å². The van der Waals surface area contributed by atoms with Crippen LogP contribution in [0, 0.1) is 0 Å². The maximum absolute atomic E-state index is 12.3. The zero-order valence-electron chi connectivity index (χ0n) is 11.2. The molecule has 1 unspecified atom stereocenters. The molecule has 3 rings (SSSR count). The Balaban J connectivity index is 1.87. The van der Waals surface area contributed by atoms with Gasteiger partial charge in [0.2, 0.25) is 11.7 Å². The van der Waals surface area contributed by atoms with Crippen LogP contribution in [0.25, 0.3) is 0 Å². The van der Waals surface area contributed by atoms with Crippen molar-refractivity contribution in [3.63, 3.8) is 0 Å². The van der Waals surface area contributed by atoms with Crippen molar-refractivity contribution in [2.45, 2.75) is 31.8 Å². The summed E-state index contributed by atoms with van der Waals surface area (Å²) in [6.45, 7) is 0. The van der Waals surface area contributed by atoms with Crippen molar-refractivity contribution in [1.29, 1.82) is 0 Å². The van der Waals surface area contributed by atoms with E-state index < -0.39 is 6.10 Å². The first-order valence-corrected chi connectivity index (χ1v) is 6.69. The second-order valence-electron chi connectivity index (χ2n) is 5.18. The van der Waals surface area contributed by atoms with Crippen LogP contribution in [-0.2, 0) is 20.7 Å². The third-order valence-corrected chi connectivity index (χ3v) is 3.88. The molecule has 0 saturated carbocycles. The molecular formula is C15H15NO4. The normalized spacial score (nSPS) is 21.6. The fraction of sp³-hybridized carbons (Fsp3) is 0.400. The minimum Gasteiger partial charge on any atom is -0.454 e. The summed E-state index contributed by atoms with van der Waals surface area (Å²) >= 11 is 0. The van der Waals surface area contributed by atoms with Gasteiger partial charge in [-0.1, -0.05) is 0 Å². The SMILES string of the molecule is CN1C(=O)CCc2cc(C(=O)C3CCC(=O)O3)ccc21. The number of hydrogen-bond acceptors (Lipinski definition) is 4. The van der Waals surface area contributed by atoms with E-state index in [1.807, 2.05) is 6.07 Å². The second kappa shape index (κ2) is 4.74. The van der Waals surface area contributed by atoms with Gasteiger partial charge in [0.25, 0.3) is 0 Å². The van der Waals surface area contributed by atoms with Gasteiger partial charge in [-0.25, -0.2) is 0 Å². The summed E-state index contributed by atoms with van der Waals surface area (Å²) in [7, 11) is 1.74. The fourth-order valence-electron chi connectivity index (χ4n) is 2.71. The summed E-state index contributed by atoms with van der Waals surface area (Å²) in [4.78, 5) is 36.6. The van der Waals surface area contributed by atoms with Crippen molar-refractivity contribution in [3.05, 3.63) is 29.3 Å². The van der Waals surface area contributed by atoms with Crippen molar-refractivity contribution in [3.8, 4) is 0 Å². The van der Waals surface area contributed by atoms with Gasteiger partial charge < -0.3 is 9.64 Å². The quantitative estimate of drug-likeness (QED) is 0.605. The molecule has 0 spiro atoms. The lowest BCUT2D eigenvalue weighted by atomic mass is 9.96. The lowest BCUT2D eigenvalue weighted by Crippen LogP contribution is -2.31. The third kappa shape index (κ3) is 2.09. The van der Waals surface area contributed by atoms with Gasteiger partial charge in [-0.15, -0.1) is 0 Å². The number of ether oxygens (including phenoxy) is 1. The molecule has 5 heteroatoms. The van der Waals surface area contributed by atoms with E-state index in [0.29, 0.717) is 31.2 Å². The average molecular weight is 273 g/mol. The molecule has 0 radical (unpaired) electrons. The Labute approximate surface area is 116 Å². The molecule has 0 N–H and O–H groups in total. The monoisotopic (exact) mass is 273 g/mol. The van der Waals surface area contributed by atoms with Crippen LogP contribution < -0.4 is 4.90 Å². The van der Waals surface area contributed by atoms with E-state index in [1.54, 1.807) is 24.1 Å². The van der Waals surface area contributed by atoms with Gasteiger partial charge in [-0.2, -0.15) is 0 Å². The number of carbonyl (C=O) groups excluding carboxylic acids is 3. The zero-order chi connectivity index (χ0) is 14.3. The van der Waals surface area contributed by atoms with Crippen LogP contribution in [0.15, 0.2) is 18.2 Å². The van der Waals surface area contributed by atoms with E-state index in [2.05, 4.69) is 0 Å². The standard InChI is InChI=1S/C15H15NO4/c1-16-11-4-2-10(8-9(11)3-6-13(16)17)15(19)12-5-7-14(18)20-12/h2,4,8,12H,3,5-7H2,1H3. The first-order valence-electron chi connectivity index (χ1n) is 6.69. The Hall–Kier alpha value is -2.17. The number of hydrogen-bond donors (Lipinski definition) is 0. The number of esters is 1. The van der Waals surface area contributed by atoms with Gasteiger partial charge in [0.05, 0.1) is 0 Å². The third-order valence-electron chi connectivity index (χ3n) is 3.88. The van der Waals surface area contributed by atoms with Crippen LogP contribution in [0.2, 0.25) is 0 Å². The molecule has 1 aromatic rings.